The van der Waals surface area contributed by atoms with E-state index in [4.69, 9.17) is 9.47 Å². The SMILES string of the molecule is CCOC(CNC(=O)CN1CCNCC1)OCC. The molecule has 1 rings (SSSR count). The van der Waals surface area contributed by atoms with Gasteiger partial charge in [-0.2, -0.15) is 0 Å². The second-order valence-corrected chi connectivity index (χ2v) is 4.17. The Morgan fingerprint density at radius 1 is 1.28 bits per heavy atom. The van der Waals surface area contributed by atoms with Gasteiger partial charge in [-0.25, -0.2) is 0 Å². The Hall–Kier alpha value is -0.690. The van der Waals surface area contributed by atoms with Crippen molar-refractivity contribution in [3.63, 3.8) is 0 Å². The predicted octanol–water partition coefficient (Wildman–Crippen LogP) is -0.593. The Bertz CT molecular complexity index is 227. The summed E-state index contributed by atoms with van der Waals surface area (Å²) in [6, 6.07) is 0. The molecule has 0 spiro atoms. The van der Waals surface area contributed by atoms with Crippen molar-refractivity contribution < 1.29 is 14.3 Å². The maximum Gasteiger partial charge on any atom is 0.234 e. The van der Waals surface area contributed by atoms with E-state index in [0.717, 1.165) is 26.2 Å². The molecule has 1 aliphatic rings. The van der Waals surface area contributed by atoms with Gasteiger partial charge < -0.3 is 20.1 Å². The summed E-state index contributed by atoms with van der Waals surface area (Å²) < 4.78 is 10.7. The lowest BCUT2D eigenvalue weighted by Gasteiger charge is -2.26. The lowest BCUT2D eigenvalue weighted by molar-refractivity contribution is -0.141. The number of rotatable bonds is 8. The van der Waals surface area contributed by atoms with Crippen molar-refractivity contribution in [1.29, 1.82) is 0 Å². The van der Waals surface area contributed by atoms with Gasteiger partial charge in [0.05, 0.1) is 13.1 Å². The third kappa shape index (κ3) is 6.30. The van der Waals surface area contributed by atoms with Crippen molar-refractivity contribution in [2.75, 3.05) is 52.5 Å². The summed E-state index contributed by atoms with van der Waals surface area (Å²) in [5, 5.41) is 6.11. The normalized spacial score (nSPS) is 17.1. The fourth-order valence-corrected chi connectivity index (χ4v) is 1.86. The largest absolute Gasteiger partial charge is 0.351 e. The summed E-state index contributed by atoms with van der Waals surface area (Å²) in [6.07, 6.45) is -0.341. The molecule has 1 fully saturated rings. The first-order valence-electron chi connectivity index (χ1n) is 6.69. The van der Waals surface area contributed by atoms with Gasteiger partial charge in [-0.1, -0.05) is 0 Å². The zero-order valence-electron chi connectivity index (χ0n) is 11.4. The highest BCUT2D eigenvalue weighted by Crippen LogP contribution is 1.94. The first kappa shape index (κ1) is 15.4. The summed E-state index contributed by atoms with van der Waals surface area (Å²) in [4.78, 5) is 13.9. The molecule has 0 aromatic rings. The average Bonchev–Trinajstić information content (AvgIpc) is 2.38. The van der Waals surface area contributed by atoms with Gasteiger partial charge >= 0.3 is 0 Å². The van der Waals surface area contributed by atoms with Gasteiger partial charge in [0, 0.05) is 39.4 Å². The molecule has 0 unspecified atom stereocenters. The van der Waals surface area contributed by atoms with E-state index in [1.54, 1.807) is 0 Å². The van der Waals surface area contributed by atoms with Crippen molar-refractivity contribution in [2.24, 2.45) is 0 Å². The van der Waals surface area contributed by atoms with Crippen molar-refractivity contribution in [1.82, 2.24) is 15.5 Å². The Morgan fingerprint density at radius 3 is 2.44 bits per heavy atom. The first-order valence-corrected chi connectivity index (χ1v) is 6.69. The second-order valence-electron chi connectivity index (χ2n) is 4.17. The molecule has 6 heteroatoms. The molecule has 1 amide bonds. The third-order valence-electron chi connectivity index (χ3n) is 2.75. The summed E-state index contributed by atoms with van der Waals surface area (Å²) in [6.45, 7) is 9.60. The molecule has 0 saturated carbocycles. The Morgan fingerprint density at radius 2 is 1.89 bits per heavy atom. The highest BCUT2D eigenvalue weighted by atomic mass is 16.7. The number of amides is 1. The van der Waals surface area contributed by atoms with Crippen molar-refractivity contribution in [3.05, 3.63) is 0 Å². The van der Waals surface area contributed by atoms with Gasteiger partial charge in [-0.3, -0.25) is 9.69 Å². The third-order valence-corrected chi connectivity index (χ3v) is 2.75. The van der Waals surface area contributed by atoms with Gasteiger partial charge in [-0.05, 0) is 13.8 Å². The Kier molecular flexibility index (Phi) is 7.91. The minimum Gasteiger partial charge on any atom is -0.351 e. The van der Waals surface area contributed by atoms with Crippen molar-refractivity contribution in [3.8, 4) is 0 Å². The molecule has 0 bridgehead atoms. The maximum atomic E-state index is 11.7. The number of hydrogen-bond acceptors (Lipinski definition) is 5. The summed E-state index contributed by atoms with van der Waals surface area (Å²) in [7, 11) is 0. The van der Waals surface area contributed by atoms with E-state index >= 15 is 0 Å². The summed E-state index contributed by atoms with van der Waals surface area (Å²) in [5.41, 5.74) is 0. The van der Waals surface area contributed by atoms with Crippen LogP contribution in [-0.4, -0.2) is 69.6 Å². The summed E-state index contributed by atoms with van der Waals surface area (Å²) >= 11 is 0. The minimum atomic E-state index is -0.341. The molecule has 6 nitrogen and oxygen atoms in total. The molecule has 1 saturated heterocycles. The highest BCUT2D eigenvalue weighted by molar-refractivity contribution is 5.78. The molecule has 0 aromatic heterocycles. The number of nitrogens with one attached hydrogen (secondary N) is 2. The number of hydrogen-bond donors (Lipinski definition) is 2. The molecular formula is C12H25N3O3. The van der Waals surface area contributed by atoms with Gasteiger partial charge in [0.15, 0.2) is 6.29 Å². The van der Waals surface area contributed by atoms with Gasteiger partial charge in [-0.15, -0.1) is 0 Å². The van der Waals surface area contributed by atoms with Crippen LogP contribution in [0.5, 0.6) is 0 Å². The van der Waals surface area contributed by atoms with Crippen molar-refractivity contribution >= 4 is 5.91 Å². The average molecular weight is 259 g/mol. The quantitative estimate of drug-likeness (QED) is 0.570. The number of ether oxygens (including phenoxy) is 2. The second kappa shape index (κ2) is 9.27. The maximum absolute atomic E-state index is 11.7. The standard InChI is InChI=1S/C12H25N3O3/c1-3-17-12(18-4-2)9-14-11(16)10-15-7-5-13-6-8-15/h12-13H,3-10H2,1-2H3,(H,14,16). The van der Waals surface area contributed by atoms with E-state index in [0.29, 0.717) is 26.3 Å². The van der Waals surface area contributed by atoms with E-state index in [1.165, 1.54) is 0 Å². The zero-order chi connectivity index (χ0) is 13.2. The number of carbonyl (C=O) groups excluding carboxylic acids is 1. The van der Waals surface area contributed by atoms with Gasteiger partial charge in [0.1, 0.15) is 0 Å². The molecule has 0 aliphatic carbocycles. The smallest absolute Gasteiger partial charge is 0.234 e. The fraction of sp³-hybridized carbons (Fsp3) is 0.917. The van der Waals surface area contributed by atoms with Crippen molar-refractivity contribution in [2.45, 2.75) is 20.1 Å². The Labute approximate surface area is 109 Å². The molecule has 0 atom stereocenters. The van der Waals surface area contributed by atoms with Crippen LogP contribution in [0.15, 0.2) is 0 Å². The van der Waals surface area contributed by atoms with Crippen LogP contribution in [0, 0.1) is 0 Å². The van der Waals surface area contributed by atoms with Crippen LogP contribution in [0.4, 0.5) is 0 Å². The van der Waals surface area contributed by atoms with Crippen LogP contribution in [0.2, 0.25) is 0 Å². The predicted molar refractivity (Wildman–Crippen MR) is 69.4 cm³/mol. The van der Waals surface area contributed by atoms with Crippen LogP contribution in [0.25, 0.3) is 0 Å². The number of piperazine rings is 1. The van der Waals surface area contributed by atoms with Crippen LogP contribution in [0.1, 0.15) is 13.8 Å². The molecule has 0 aromatic carbocycles. The zero-order valence-corrected chi connectivity index (χ0v) is 11.4. The van der Waals surface area contributed by atoms with E-state index in [-0.39, 0.29) is 12.2 Å². The molecular weight excluding hydrogens is 234 g/mol. The van der Waals surface area contributed by atoms with Gasteiger partial charge in [0.25, 0.3) is 0 Å². The minimum absolute atomic E-state index is 0.0290. The van der Waals surface area contributed by atoms with E-state index in [9.17, 15) is 4.79 Å². The highest BCUT2D eigenvalue weighted by Gasteiger charge is 2.15. The summed E-state index contributed by atoms with van der Waals surface area (Å²) in [5.74, 6) is 0.0290. The molecule has 106 valence electrons. The van der Waals surface area contributed by atoms with Crippen LogP contribution in [0.3, 0.4) is 0 Å². The fourth-order valence-electron chi connectivity index (χ4n) is 1.86. The Balaban J connectivity index is 2.17. The molecule has 1 aliphatic heterocycles. The van der Waals surface area contributed by atoms with E-state index < -0.39 is 0 Å². The molecule has 2 N–H and O–H groups in total. The number of carbonyl (C=O) groups is 1. The van der Waals surface area contributed by atoms with Gasteiger partial charge in [0.2, 0.25) is 5.91 Å². The molecule has 1 heterocycles. The number of nitrogens with zero attached hydrogens (tertiary/aromatic N) is 1. The first-order chi connectivity index (χ1) is 8.76. The molecule has 18 heavy (non-hydrogen) atoms. The van der Waals surface area contributed by atoms with E-state index in [2.05, 4.69) is 15.5 Å². The lowest BCUT2D eigenvalue weighted by atomic mass is 10.3. The molecule has 0 radical (unpaired) electrons. The van der Waals surface area contributed by atoms with Crippen LogP contribution >= 0.6 is 0 Å². The lowest BCUT2D eigenvalue weighted by Crippen LogP contribution is -2.48. The van der Waals surface area contributed by atoms with E-state index in [1.807, 2.05) is 13.8 Å². The van der Waals surface area contributed by atoms with Crippen LogP contribution < -0.4 is 10.6 Å². The monoisotopic (exact) mass is 259 g/mol. The van der Waals surface area contributed by atoms with Crippen LogP contribution in [-0.2, 0) is 14.3 Å². The topological polar surface area (TPSA) is 62.8 Å².